The monoisotopic (exact) mass is 643 g/mol. The molecule has 258 valence electrons. The quantitative estimate of drug-likeness (QED) is 0.158. The van der Waals surface area contributed by atoms with Crippen molar-refractivity contribution in [3.05, 3.63) is 12.7 Å². The fraction of sp³-hybridized carbons (Fsp3) is 0.771. The number of nitrogens with one attached hydrogen (secondary N) is 4. The van der Waals surface area contributed by atoms with Crippen LogP contribution in [0.4, 0.5) is 4.79 Å². The van der Waals surface area contributed by atoms with Gasteiger partial charge in [-0.05, 0) is 61.7 Å². The first-order valence-corrected chi connectivity index (χ1v) is 17.4. The number of carbonyl (C=O) groups excluding carboxylic acids is 6. The summed E-state index contributed by atoms with van der Waals surface area (Å²) >= 11 is 0. The van der Waals surface area contributed by atoms with Gasteiger partial charge in [0.1, 0.15) is 12.1 Å². The average Bonchev–Trinajstić information content (AvgIpc) is 3.77. The molecule has 3 aliphatic rings. The van der Waals surface area contributed by atoms with E-state index in [1.165, 1.54) is 11.0 Å². The topological polar surface area (TPSA) is 154 Å². The Morgan fingerprint density at radius 3 is 2.11 bits per heavy atom. The van der Waals surface area contributed by atoms with Crippen LogP contribution >= 0.6 is 0 Å². The third-order valence-electron chi connectivity index (χ3n) is 9.78. The molecule has 0 aromatic heterocycles. The van der Waals surface area contributed by atoms with Crippen molar-refractivity contribution in [1.29, 1.82) is 0 Å². The number of nitrogens with zero attached hydrogens (tertiary/aromatic N) is 1. The van der Waals surface area contributed by atoms with Gasteiger partial charge in [-0.25, -0.2) is 4.79 Å². The standard InChI is InChI=1S/C35H57N5O6/c1-8-13-25(29(42)32(44)36-19-9-2)37-31(43)27-24(21(3)4)18-20-40(27)33(45)30(35(5,6)7)39-34(46)38-26(28(41)23-16-17-23)22-14-11-10-12-15-22/h9,21-27,30H,2,8,10-20H2,1,3-7H3,(H,36,44)(H,37,43)(H2,38,39,46)/t24?,25?,26-,27-,30+/m0/s1. The molecule has 0 bridgehead atoms. The van der Waals surface area contributed by atoms with Crippen molar-refractivity contribution in [3.8, 4) is 0 Å². The Labute approximate surface area is 274 Å². The average molecular weight is 644 g/mol. The second kappa shape index (κ2) is 16.5. The molecule has 2 unspecified atom stereocenters. The summed E-state index contributed by atoms with van der Waals surface area (Å²) in [4.78, 5) is 81.9. The molecular formula is C35H57N5O6. The van der Waals surface area contributed by atoms with Crippen LogP contribution in [0, 0.1) is 29.1 Å². The van der Waals surface area contributed by atoms with E-state index in [0.29, 0.717) is 19.4 Å². The van der Waals surface area contributed by atoms with E-state index in [2.05, 4.69) is 27.8 Å². The summed E-state index contributed by atoms with van der Waals surface area (Å²) in [7, 11) is 0. The van der Waals surface area contributed by atoms with E-state index >= 15 is 0 Å². The zero-order chi connectivity index (χ0) is 34.2. The molecule has 1 aliphatic heterocycles. The lowest BCUT2D eigenvalue weighted by molar-refractivity contribution is -0.144. The molecule has 2 saturated carbocycles. The van der Waals surface area contributed by atoms with Crippen LogP contribution in [0.25, 0.3) is 0 Å². The van der Waals surface area contributed by atoms with Gasteiger partial charge in [0.05, 0.1) is 12.1 Å². The molecule has 5 atom stereocenters. The Hall–Kier alpha value is -3.24. The van der Waals surface area contributed by atoms with Crippen LogP contribution in [0.15, 0.2) is 12.7 Å². The number of likely N-dealkylation sites (tertiary alicyclic amines) is 1. The molecule has 5 amide bonds. The number of hydrogen-bond acceptors (Lipinski definition) is 6. The minimum absolute atomic E-state index is 0.000543. The van der Waals surface area contributed by atoms with E-state index in [4.69, 9.17) is 0 Å². The number of urea groups is 1. The summed E-state index contributed by atoms with van der Waals surface area (Å²) in [6.45, 7) is 15.4. The minimum Gasteiger partial charge on any atom is -0.346 e. The largest absolute Gasteiger partial charge is 0.346 e. The summed E-state index contributed by atoms with van der Waals surface area (Å²) in [6.07, 6.45) is 9.57. The maximum absolute atomic E-state index is 14.3. The predicted molar refractivity (Wildman–Crippen MR) is 177 cm³/mol. The third-order valence-corrected chi connectivity index (χ3v) is 9.78. The lowest BCUT2D eigenvalue weighted by Crippen LogP contribution is -2.62. The number of rotatable bonds is 15. The Balaban J connectivity index is 1.81. The van der Waals surface area contributed by atoms with Gasteiger partial charge in [-0.3, -0.25) is 24.0 Å². The molecule has 0 aromatic rings. The second-order valence-corrected chi connectivity index (χ2v) is 14.9. The van der Waals surface area contributed by atoms with Crippen LogP contribution in [0.1, 0.15) is 106 Å². The van der Waals surface area contributed by atoms with Gasteiger partial charge in [0.2, 0.25) is 17.6 Å². The molecule has 3 fully saturated rings. The summed E-state index contributed by atoms with van der Waals surface area (Å²) in [5.41, 5.74) is -0.712. The van der Waals surface area contributed by atoms with Crippen molar-refractivity contribution in [2.75, 3.05) is 13.1 Å². The van der Waals surface area contributed by atoms with Gasteiger partial charge >= 0.3 is 6.03 Å². The molecule has 3 rings (SSSR count). The van der Waals surface area contributed by atoms with Crippen molar-refractivity contribution >= 4 is 35.3 Å². The maximum atomic E-state index is 14.3. The van der Waals surface area contributed by atoms with Gasteiger partial charge in [-0.1, -0.05) is 73.3 Å². The first-order valence-electron chi connectivity index (χ1n) is 17.4. The summed E-state index contributed by atoms with van der Waals surface area (Å²) in [5.74, 6) is -2.37. The van der Waals surface area contributed by atoms with Crippen LogP contribution in [-0.4, -0.2) is 77.5 Å². The molecule has 0 aromatic carbocycles. The minimum atomic E-state index is -1.03. The first kappa shape index (κ1) is 37.2. The zero-order valence-electron chi connectivity index (χ0n) is 28.8. The van der Waals surface area contributed by atoms with Crippen LogP contribution in [0.3, 0.4) is 0 Å². The van der Waals surface area contributed by atoms with Gasteiger partial charge in [0.25, 0.3) is 5.91 Å². The van der Waals surface area contributed by atoms with Crippen LogP contribution < -0.4 is 21.3 Å². The van der Waals surface area contributed by atoms with Crippen molar-refractivity contribution < 1.29 is 28.8 Å². The predicted octanol–water partition coefficient (Wildman–Crippen LogP) is 3.66. The molecule has 1 saturated heterocycles. The van der Waals surface area contributed by atoms with E-state index in [0.717, 1.165) is 44.9 Å². The number of Topliss-reactive ketones (excluding diaryl/α,β-unsaturated/α-hetero) is 2. The van der Waals surface area contributed by atoms with Gasteiger partial charge in [-0.15, -0.1) is 6.58 Å². The Morgan fingerprint density at radius 2 is 1.57 bits per heavy atom. The van der Waals surface area contributed by atoms with Crippen LogP contribution in [-0.2, 0) is 24.0 Å². The van der Waals surface area contributed by atoms with E-state index < -0.39 is 59.1 Å². The van der Waals surface area contributed by atoms with Crippen LogP contribution in [0.5, 0.6) is 0 Å². The van der Waals surface area contributed by atoms with E-state index in [-0.39, 0.29) is 42.4 Å². The summed E-state index contributed by atoms with van der Waals surface area (Å²) < 4.78 is 0. The highest BCUT2D eigenvalue weighted by molar-refractivity contribution is 6.38. The highest BCUT2D eigenvalue weighted by Gasteiger charge is 2.48. The van der Waals surface area contributed by atoms with Gasteiger partial charge < -0.3 is 26.2 Å². The number of carbonyl (C=O) groups is 6. The molecule has 0 spiro atoms. The Bertz CT molecular complexity index is 1140. The first-order chi connectivity index (χ1) is 21.7. The highest BCUT2D eigenvalue weighted by atomic mass is 16.2. The number of hydrogen-bond donors (Lipinski definition) is 4. The zero-order valence-corrected chi connectivity index (χ0v) is 28.8. The molecule has 2 aliphatic carbocycles. The molecule has 11 heteroatoms. The fourth-order valence-electron chi connectivity index (χ4n) is 6.96. The van der Waals surface area contributed by atoms with E-state index in [1.807, 2.05) is 41.5 Å². The summed E-state index contributed by atoms with van der Waals surface area (Å²) in [5, 5.41) is 11.1. The number of amides is 5. The normalized spacial score (nSPS) is 22.4. The molecule has 11 nitrogen and oxygen atoms in total. The Kier molecular flexibility index (Phi) is 13.4. The van der Waals surface area contributed by atoms with Crippen molar-refractivity contribution in [2.24, 2.45) is 29.1 Å². The number of ketones is 2. The smallest absolute Gasteiger partial charge is 0.316 e. The van der Waals surface area contributed by atoms with Crippen molar-refractivity contribution in [1.82, 2.24) is 26.2 Å². The van der Waals surface area contributed by atoms with Gasteiger partial charge in [0, 0.05) is 19.0 Å². The molecule has 4 N–H and O–H groups in total. The van der Waals surface area contributed by atoms with Crippen molar-refractivity contribution in [2.45, 2.75) is 130 Å². The van der Waals surface area contributed by atoms with Crippen molar-refractivity contribution in [3.63, 3.8) is 0 Å². The SMILES string of the molecule is C=CCNC(=O)C(=O)C(CCC)NC(=O)[C@@H]1C(C(C)C)CCN1C(=O)[C@@H](NC(=O)N[C@H](C(=O)C1CC1)C1CCCCC1)C(C)(C)C. The lowest BCUT2D eigenvalue weighted by atomic mass is 9.81. The third kappa shape index (κ3) is 9.64. The van der Waals surface area contributed by atoms with E-state index in [9.17, 15) is 28.8 Å². The molecule has 46 heavy (non-hydrogen) atoms. The maximum Gasteiger partial charge on any atom is 0.316 e. The Morgan fingerprint density at radius 1 is 0.913 bits per heavy atom. The van der Waals surface area contributed by atoms with Gasteiger partial charge in [0.15, 0.2) is 5.78 Å². The van der Waals surface area contributed by atoms with Gasteiger partial charge in [-0.2, -0.15) is 0 Å². The molecule has 0 radical (unpaired) electrons. The molecular weight excluding hydrogens is 586 g/mol. The lowest BCUT2D eigenvalue weighted by Gasteiger charge is -2.37. The van der Waals surface area contributed by atoms with E-state index in [1.54, 1.807) is 0 Å². The fourth-order valence-corrected chi connectivity index (χ4v) is 6.96. The molecule has 1 heterocycles. The second-order valence-electron chi connectivity index (χ2n) is 14.9. The summed E-state index contributed by atoms with van der Waals surface area (Å²) in [6, 6.07) is -4.02. The highest BCUT2D eigenvalue weighted by Crippen LogP contribution is 2.36. The van der Waals surface area contributed by atoms with Crippen LogP contribution in [0.2, 0.25) is 0 Å².